The van der Waals surface area contributed by atoms with Gasteiger partial charge in [-0.2, -0.15) is 0 Å². The molecule has 1 unspecified atom stereocenters. The molecule has 7 heteroatoms. The molecule has 6 N–H and O–H groups in total. The van der Waals surface area contributed by atoms with Crippen LogP contribution in [0.15, 0.2) is 60.8 Å². The van der Waals surface area contributed by atoms with E-state index < -0.39 is 11.9 Å². The van der Waals surface area contributed by atoms with Crippen LogP contribution in [0.4, 0.5) is 0 Å². The normalized spacial score (nSPS) is 11.9. The molecule has 7 nitrogen and oxygen atoms in total. The third-order valence-electron chi connectivity index (χ3n) is 6.18. The van der Waals surface area contributed by atoms with Crippen molar-refractivity contribution in [1.82, 2.24) is 4.98 Å². The van der Waals surface area contributed by atoms with Crippen LogP contribution >= 0.6 is 0 Å². The smallest absolute Gasteiger partial charge is 0.336 e. The van der Waals surface area contributed by atoms with Crippen LogP contribution in [-0.2, 0) is 0 Å². The van der Waals surface area contributed by atoms with Crippen LogP contribution in [0.1, 0.15) is 62.2 Å². The first-order chi connectivity index (χ1) is 16.2. The number of aromatic amines is 1. The lowest BCUT2D eigenvalue weighted by molar-refractivity contribution is 0.0687. The summed E-state index contributed by atoms with van der Waals surface area (Å²) in [7, 11) is 0. The minimum atomic E-state index is -1.08. The second kappa shape index (κ2) is 8.86. The maximum absolute atomic E-state index is 12.1. The Kier molecular flexibility index (Phi) is 5.94. The van der Waals surface area contributed by atoms with E-state index in [1.165, 1.54) is 0 Å². The second-order valence-corrected chi connectivity index (χ2v) is 8.34. The summed E-state index contributed by atoms with van der Waals surface area (Å²) in [5.74, 6) is -2.29. The first kappa shape index (κ1) is 22.8. The van der Waals surface area contributed by atoms with Gasteiger partial charge in [-0.05, 0) is 59.9 Å². The Labute approximate surface area is 196 Å². The Hall–Kier alpha value is -4.39. The monoisotopic (exact) mass is 455 g/mol. The summed E-state index contributed by atoms with van der Waals surface area (Å²) < 4.78 is 0. The Morgan fingerprint density at radius 3 is 2.32 bits per heavy atom. The average molecular weight is 456 g/mol. The zero-order valence-corrected chi connectivity index (χ0v) is 18.8. The molecule has 4 aromatic rings. The van der Waals surface area contributed by atoms with Gasteiger partial charge in [0, 0.05) is 28.6 Å². The molecule has 0 radical (unpaired) electrons. The lowest BCUT2D eigenvalue weighted by atomic mass is 9.82. The fourth-order valence-electron chi connectivity index (χ4n) is 4.51. The molecule has 1 atom stereocenters. The Bertz CT molecular complexity index is 1450. The highest BCUT2D eigenvalue weighted by Crippen LogP contribution is 2.40. The lowest BCUT2D eigenvalue weighted by Crippen LogP contribution is -2.10. The van der Waals surface area contributed by atoms with E-state index in [9.17, 15) is 19.8 Å². The van der Waals surface area contributed by atoms with Gasteiger partial charge in [-0.25, -0.2) is 9.59 Å². The van der Waals surface area contributed by atoms with Crippen LogP contribution in [0.3, 0.4) is 0 Å². The second-order valence-electron chi connectivity index (χ2n) is 8.34. The number of hydrogen-bond acceptors (Lipinski definition) is 3. The molecule has 0 amide bonds. The van der Waals surface area contributed by atoms with E-state index in [0.29, 0.717) is 23.1 Å². The van der Waals surface area contributed by atoms with Crippen molar-refractivity contribution in [1.29, 1.82) is 5.41 Å². The number of amidine groups is 1. The van der Waals surface area contributed by atoms with Crippen molar-refractivity contribution in [2.24, 2.45) is 5.73 Å². The number of carboxylic acid groups (broad SMARTS) is 2. The third-order valence-corrected chi connectivity index (χ3v) is 6.18. The number of aromatic carboxylic acids is 2. The van der Waals surface area contributed by atoms with E-state index in [4.69, 9.17) is 11.1 Å². The lowest BCUT2D eigenvalue weighted by Gasteiger charge is -2.21. The van der Waals surface area contributed by atoms with Crippen molar-refractivity contribution in [3.05, 3.63) is 94.2 Å². The van der Waals surface area contributed by atoms with Gasteiger partial charge in [-0.1, -0.05) is 42.8 Å². The minimum Gasteiger partial charge on any atom is -0.478 e. The van der Waals surface area contributed by atoms with Crippen molar-refractivity contribution in [3.8, 4) is 11.1 Å². The van der Waals surface area contributed by atoms with Gasteiger partial charge in [0.25, 0.3) is 0 Å². The van der Waals surface area contributed by atoms with Crippen molar-refractivity contribution in [2.75, 3.05) is 0 Å². The molecule has 0 bridgehead atoms. The molecule has 3 aromatic carbocycles. The standard InChI is InChI=1S/C27H25N3O4/c1-3-17(23-13-30-24-12-15(25(28)29)5-9-20(23)24)18-8-6-16(26(31)32)11-21(18)19-7-4-14(2)10-22(19)27(33)34/h4-13,17,30H,3H2,1-2H3,(H3,28,29)(H,31,32)(H,33,34). The number of benzene rings is 3. The number of carbonyl (C=O) groups is 2. The Morgan fingerprint density at radius 2 is 1.68 bits per heavy atom. The van der Waals surface area contributed by atoms with Crippen LogP contribution in [0.2, 0.25) is 0 Å². The fraction of sp³-hybridized carbons (Fsp3) is 0.148. The zero-order chi connectivity index (χ0) is 24.6. The van der Waals surface area contributed by atoms with Crippen LogP contribution in [0.25, 0.3) is 22.0 Å². The van der Waals surface area contributed by atoms with Gasteiger partial charge >= 0.3 is 11.9 Å². The topological polar surface area (TPSA) is 140 Å². The molecule has 0 aliphatic carbocycles. The average Bonchev–Trinajstić information content (AvgIpc) is 3.22. The number of nitrogens with one attached hydrogen (secondary N) is 2. The van der Waals surface area contributed by atoms with Gasteiger partial charge in [-0.15, -0.1) is 0 Å². The highest BCUT2D eigenvalue weighted by molar-refractivity contribution is 6.00. The molecular weight excluding hydrogens is 430 g/mol. The number of aryl methyl sites for hydroxylation is 1. The summed E-state index contributed by atoms with van der Waals surface area (Å²) in [6.07, 6.45) is 2.61. The number of nitrogens with two attached hydrogens (primary N) is 1. The number of H-pyrrole nitrogens is 1. The summed E-state index contributed by atoms with van der Waals surface area (Å²) >= 11 is 0. The molecule has 0 saturated heterocycles. The van der Waals surface area contributed by atoms with Crippen molar-refractivity contribution >= 4 is 28.7 Å². The fourth-order valence-corrected chi connectivity index (χ4v) is 4.51. The molecule has 172 valence electrons. The number of fused-ring (bicyclic) bond motifs is 1. The first-order valence-corrected chi connectivity index (χ1v) is 10.9. The van der Waals surface area contributed by atoms with Crippen molar-refractivity contribution in [3.63, 3.8) is 0 Å². The third kappa shape index (κ3) is 4.03. The summed E-state index contributed by atoms with van der Waals surface area (Å²) in [5, 5.41) is 28.1. The van der Waals surface area contributed by atoms with Crippen LogP contribution in [0.5, 0.6) is 0 Å². The quantitative estimate of drug-likeness (QED) is 0.188. The molecule has 1 heterocycles. The summed E-state index contributed by atoms with van der Waals surface area (Å²) in [5.41, 5.74) is 11.0. The Morgan fingerprint density at radius 1 is 0.941 bits per heavy atom. The largest absolute Gasteiger partial charge is 0.478 e. The highest BCUT2D eigenvalue weighted by atomic mass is 16.4. The number of rotatable bonds is 7. The van der Waals surface area contributed by atoms with E-state index in [0.717, 1.165) is 27.6 Å². The molecule has 34 heavy (non-hydrogen) atoms. The maximum atomic E-state index is 12.1. The molecule has 1 aromatic heterocycles. The van der Waals surface area contributed by atoms with Crippen molar-refractivity contribution < 1.29 is 19.8 Å². The molecular formula is C27H25N3O4. The Balaban J connectivity index is 1.96. The van der Waals surface area contributed by atoms with Crippen LogP contribution in [-0.4, -0.2) is 33.0 Å². The van der Waals surface area contributed by atoms with Gasteiger partial charge in [0.05, 0.1) is 11.1 Å². The zero-order valence-electron chi connectivity index (χ0n) is 18.8. The van der Waals surface area contributed by atoms with Gasteiger partial charge in [0.1, 0.15) is 5.84 Å². The molecule has 0 spiro atoms. The maximum Gasteiger partial charge on any atom is 0.336 e. The number of aromatic nitrogens is 1. The van der Waals surface area contributed by atoms with Crippen LogP contribution in [0, 0.1) is 12.3 Å². The number of carboxylic acids is 2. The summed E-state index contributed by atoms with van der Waals surface area (Å²) in [4.78, 5) is 27.1. The highest BCUT2D eigenvalue weighted by Gasteiger charge is 2.24. The molecule has 0 aliphatic rings. The first-order valence-electron chi connectivity index (χ1n) is 10.9. The van der Waals surface area contributed by atoms with Gasteiger partial charge in [0.2, 0.25) is 0 Å². The van der Waals surface area contributed by atoms with Crippen molar-refractivity contribution in [2.45, 2.75) is 26.2 Å². The SMILES string of the molecule is CCC(c1ccc(C(=O)O)cc1-c1ccc(C)cc1C(=O)O)c1c[nH]c2cc(C(=N)N)ccc12. The van der Waals surface area contributed by atoms with Gasteiger partial charge in [0.15, 0.2) is 0 Å². The summed E-state index contributed by atoms with van der Waals surface area (Å²) in [6, 6.07) is 15.6. The predicted molar refractivity (Wildman–Crippen MR) is 132 cm³/mol. The van der Waals surface area contributed by atoms with E-state index in [-0.39, 0.29) is 22.9 Å². The minimum absolute atomic E-state index is 0.0165. The van der Waals surface area contributed by atoms with E-state index in [1.54, 1.807) is 36.4 Å². The number of nitrogen functional groups attached to an aromatic ring is 1. The number of hydrogen-bond donors (Lipinski definition) is 5. The predicted octanol–water partition coefficient (Wildman–Crippen LogP) is 5.37. The molecule has 4 rings (SSSR count). The van der Waals surface area contributed by atoms with Gasteiger partial charge < -0.3 is 20.9 Å². The van der Waals surface area contributed by atoms with Gasteiger partial charge in [-0.3, -0.25) is 5.41 Å². The molecule has 0 aliphatic heterocycles. The van der Waals surface area contributed by atoms with E-state index in [1.807, 2.05) is 38.2 Å². The summed E-state index contributed by atoms with van der Waals surface area (Å²) in [6.45, 7) is 3.86. The van der Waals surface area contributed by atoms with E-state index in [2.05, 4.69) is 4.98 Å². The van der Waals surface area contributed by atoms with Crippen LogP contribution < -0.4 is 5.73 Å². The molecule has 0 fully saturated rings. The molecule has 0 saturated carbocycles. The van der Waals surface area contributed by atoms with E-state index >= 15 is 0 Å².